The lowest BCUT2D eigenvalue weighted by Crippen LogP contribution is -2.35. The number of hydrogen-bond donors (Lipinski definition) is 0. The molecule has 8 heteroatoms. The summed E-state index contributed by atoms with van der Waals surface area (Å²) in [7, 11) is 0. The van der Waals surface area contributed by atoms with Gasteiger partial charge in [-0.15, -0.1) is 0 Å². The first kappa shape index (κ1) is 28.4. The summed E-state index contributed by atoms with van der Waals surface area (Å²) in [4.78, 5) is 27.5. The lowest BCUT2D eigenvalue weighted by Gasteiger charge is -2.29. The zero-order valence-corrected chi connectivity index (χ0v) is 24.1. The van der Waals surface area contributed by atoms with Gasteiger partial charge in [0.2, 0.25) is 5.91 Å². The van der Waals surface area contributed by atoms with Crippen LogP contribution in [0.4, 0.5) is 0 Å². The van der Waals surface area contributed by atoms with E-state index in [0.29, 0.717) is 12.6 Å². The molecule has 0 aliphatic carbocycles. The molecule has 39 heavy (non-hydrogen) atoms. The maximum absolute atomic E-state index is 12.2. The predicted molar refractivity (Wildman–Crippen MR) is 155 cm³/mol. The van der Waals surface area contributed by atoms with E-state index in [1.807, 2.05) is 58.1 Å². The number of nitrogens with zero attached hydrogens (tertiary/aromatic N) is 6. The van der Waals surface area contributed by atoms with Crippen LogP contribution >= 0.6 is 0 Å². The Bertz CT molecular complexity index is 1410. The molecule has 206 valence electrons. The number of amides is 1. The van der Waals surface area contributed by atoms with Crippen LogP contribution < -0.4 is 0 Å². The fraction of sp³-hybridized carbons (Fsp3) is 0.452. The maximum atomic E-state index is 12.2. The Labute approximate surface area is 231 Å². The lowest BCUT2D eigenvalue weighted by molar-refractivity contribution is -0.129. The van der Waals surface area contributed by atoms with E-state index in [0.717, 1.165) is 83.7 Å². The summed E-state index contributed by atoms with van der Waals surface area (Å²) in [5.41, 5.74) is 6.14. The van der Waals surface area contributed by atoms with Crippen LogP contribution in [0.5, 0.6) is 0 Å². The molecule has 0 spiro atoms. The van der Waals surface area contributed by atoms with Crippen LogP contribution in [0.3, 0.4) is 0 Å². The first-order chi connectivity index (χ1) is 19.1. The van der Waals surface area contributed by atoms with E-state index >= 15 is 0 Å². The molecular weight excluding hydrogens is 488 g/mol. The van der Waals surface area contributed by atoms with Crippen molar-refractivity contribution in [2.75, 3.05) is 19.8 Å². The fourth-order valence-corrected chi connectivity index (χ4v) is 5.22. The minimum Gasteiger partial charge on any atom is -0.381 e. The maximum Gasteiger partial charge on any atom is 0.219 e. The molecule has 1 saturated heterocycles. The highest BCUT2D eigenvalue weighted by Crippen LogP contribution is 2.37. The summed E-state index contributed by atoms with van der Waals surface area (Å²) in [6, 6.07) is 8.69. The third-order valence-corrected chi connectivity index (χ3v) is 7.16. The number of hydrogen-bond acceptors (Lipinski definition) is 6. The predicted octanol–water partition coefficient (Wildman–Crippen LogP) is 6.17. The molecule has 1 fully saturated rings. The molecule has 1 aromatic carbocycles. The Morgan fingerprint density at radius 3 is 2.41 bits per heavy atom. The Balaban J connectivity index is 0.000000845. The van der Waals surface area contributed by atoms with Crippen molar-refractivity contribution in [3.63, 3.8) is 0 Å². The molecular formula is C31H40N6O2. The number of ether oxygens (including phenoxy) is 1. The van der Waals surface area contributed by atoms with Gasteiger partial charge in [-0.1, -0.05) is 45.9 Å². The number of aryl methyl sites for hydroxylation is 1. The monoisotopic (exact) mass is 528 g/mol. The Kier molecular flexibility index (Phi) is 9.41. The second-order valence-electron chi connectivity index (χ2n) is 9.37. The van der Waals surface area contributed by atoms with E-state index < -0.39 is 0 Å². The van der Waals surface area contributed by atoms with Crippen molar-refractivity contribution in [1.82, 2.24) is 29.6 Å². The second-order valence-corrected chi connectivity index (χ2v) is 9.37. The third kappa shape index (κ3) is 5.86. The molecule has 3 aromatic heterocycles. The van der Waals surface area contributed by atoms with Crippen LogP contribution in [0.2, 0.25) is 0 Å². The smallest absolute Gasteiger partial charge is 0.219 e. The molecule has 0 unspecified atom stereocenters. The van der Waals surface area contributed by atoms with E-state index in [9.17, 15) is 4.79 Å². The number of carbonyl (C=O) groups is 1. The molecule has 8 nitrogen and oxygen atoms in total. The summed E-state index contributed by atoms with van der Waals surface area (Å²) >= 11 is 0. The summed E-state index contributed by atoms with van der Waals surface area (Å²) in [5.74, 6) is 0.839. The van der Waals surface area contributed by atoms with Crippen LogP contribution in [0, 0.1) is 6.92 Å². The molecule has 2 aliphatic rings. The van der Waals surface area contributed by atoms with Crippen LogP contribution in [0.25, 0.3) is 33.3 Å². The largest absolute Gasteiger partial charge is 0.381 e. The first-order valence-corrected chi connectivity index (χ1v) is 14.2. The van der Waals surface area contributed by atoms with Crippen LogP contribution in [0.15, 0.2) is 42.9 Å². The molecule has 6 rings (SSSR count). The lowest BCUT2D eigenvalue weighted by atomic mass is 9.96. The van der Waals surface area contributed by atoms with Gasteiger partial charge in [-0.2, -0.15) is 5.10 Å². The van der Waals surface area contributed by atoms with Gasteiger partial charge in [0.15, 0.2) is 0 Å². The average molecular weight is 529 g/mol. The van der Waals surface area contributed by atoms with Crippen LogP contribution in [-0.2, 0) is 22.5 Å². The van der Waals surface area contributed by atoms with Crippen molar-refractivity contribution in [2.45, 2.75) is 73.4 Å². The topological polar surface area (TPSA) is 86.0 Å². The van der Waals surface area contributed by atoms with Crippen LogP contribution in [0.1, 0.15) is 70.6 Å². The normalized spacial score (nSPS) is 15.1. The summed E-state index contributed by atoms with van der Waals surface area (Å²) in [6.45, 7) is 14.4. The van der Waals surface area contributed by atoms with Gasteiger partial charge >= 0.3 is 0 Å². The van der Waals surface area contributed by atoms with Gasteiger partial charge in [-0.3, -0.25) is 14.5 Å². The van der Waals surface area contributed by atoms with Crippen molar-refractivity contribution in [3.8, 4) is 22.5 Å². The van der Waals surface area contributed by atoms with E-state index in [2.05, 4.69) is 38.9 Å². The zero-order chi connectivity index (χ0) is 27.9. The summed E-state index contributed by atoms with van der Waals surface area (Å²) in [6.07, 6.45) is 8.28. The fourth-order valence-electron chi connectivity index (χ4n) is 5.22. The Hall–Kier alpha value is -3.65. The molecule has 0 bridgehead atoms. The molecule has 0 N–H and O–H groups in total. The van der Waals surface area contributed by atoms with Gasteiger partial charge in [0.1, 0.15) is 5.82 Å². The minimum atomic E-state index is 0.102. The van der Waals surface area contributed by atoms with Crippen molar-refractivity contribution in [3.05, 3.63) is 59.9 Å². The van der Waals surface area contributed by atoms with Crippen molar-refractivity contribution in [2.24, 2.45) is 0 Å². The number of rotatable bonds is 3. The van der Waals surface area contributed by atoms with Gasteiger partial charge < -0.3 is 9.64 Å². The highest BCUT2D eigenvalue weighted by molar-refractivity contribution is 5.97. The van der Waals surface area contributed by atoms with E-state index in [4.69, 9.17) is 14.8 Å². The van der Waals surface area contributed by atoms with Crippen LogP contribution in [-0.4, -0.2) is 55.3 Å². The molecule has 2 aliphatic heterocycles. The molecule has 0 atom stereocenters. The van der Waals surface area contributed by atoms with Crippen molar-refractivity contribution >= 4 is 16.7 Å². The number of fused-ring (bicyclic) bond motifs is 2. The number of carbonyl (C=O) groups excluding carboxylic acids is 1. The van der Waals surface area contributed by atoms with Gasteiger partial charge in [0.05, 0.1) is 17.4 Å². The zero-order valence-electron chi connectivity index (χ0n) is 24.1. The molecule has 0 saturated carbocycles. The van der Waals surface area contributed by atoms with E-state index in [1.54, 1.807) is 6.92 Å². The van der Waals surface area contributed by atoms with Crippen molar-refractivity contribution in [1.29, 1.82) is 0 Å². The Morgan fingerprint density at radius 2 is 1.72 bits per heavy atom. The molecule has 4 aromatic rings. The van der Waals surface area contributed by atoms with E-state index in [-0.39, 0.29) is 5.91 Å². The highest BCUT2D eigenvalue weighted by Gasteiger charge is 2.30. The second kappa shape index (κ2) is 12.9. The third-order valence-electron chi connectivity index (χ3n) is 7.16. The quantitative estimate of drug-likeness (QED) is 0.316. The summed E-state index contributed by atoms with van der Waals surface area (Å²) in [5, 5.41) is 7.33. The van der Waals surface area contributed by atoms with Gasteiger partial charge in [0, 0.05) is 86.0 Å². The standard InChI is InChI=1S/C27H28N6O2.2C2H6/c1-17-28-13-20(14-29-17)25-12-19-4-3-5-22(23(19)15-30-25)27-24-16-32(18(2)34)9-6-26(24)33(31-27)21-7-10-35-11-8-21;2*1-2/h3-5,12-15,21H,6-11,16H2,1-2H3;2*1-2H3. The summed E-state index contributed by atoms with van der Waals surface area (Å²) < 4.78 is 7.84. The number of benzene rings is 1. The van der Waals surface area contributed by atoms with Gasteiger partial charge in [-0.05, 0) is 31.2 Å². The molecule has 1 amide bonds. The van der Waals surface area contributed by atoms with Gasteiger partial charge in [0.25, 0.3) is 0 Å². The minimum absolute atomic E-state index is 0.102. The number of aromatic nitrogens is 5. The van der Waals surface area contributed by atoms with Crippen molar-refractivity contribution < 1.29 is 9.53 Å². The first-order valence-electron chi connectivity index (χ1n) is 14.2. The van der Waals surface area contributed by atoms with E-state index in [1.165, 1.54) is 5.69 Å². The highest BCUT2D eigenvalue weighted by atomic mass is 16.5. The number of pyridine rings is 1. The molecule has 0 radical (unpaired) electrons. The van der Waals surface area contributed by atoms with Gasteiger partial charge in [-0.25, -0.2) is 9.97 Å². The average Bonchev–Trinajstić information content (AvgIpc) is 3.38. The Morgan fingerprint density at radius 1 is 1.00 bits per heavy atom. The molecule has 5 heterocycles. The SMILES string of the molecule is CC.CC.CC(=O)N1CCc2c(c(-c3cccc4cc(-c5cnc(C)nc5)ncc34)nn2C2CCOCC2)C1.